The minimum atomic E-state index is -0.318. The van der Waals surface area contributed by atoms with Crippen LogP contribution in [0.4, 0.5) is 15.2 Å². The minimum Gasteiger partial charge on any atom is -0.316 e. The van der Waals surface area contributed by atoms with Crippen molar-refractivity contribution in [1.29, 1.82) is 0 Å². The number of amides is 1. The van der Waals surface area contributed by atoms with Gasteiger partial charge in [-0.3, -0.25) is 14.6 Å². The Balaban J connectivity index is 0.00000210. The molecule has 0 radical (unpaired) electrons. The fourth-order valence-corrected chi connectivity index (χ4v) is 4.90. The molecule has 2 aliphatic heterocycles. The Labute approximate surface area is 169 Å². The minimum absolute atomic E-state index is 0. The van der Waals surface area contributed by atoms with E-state index in [2.05, 4.69) is 15.2 Å². The van der Waals surface area contributed by atoms with Crippen LogP contribution in [-0.2, 0) is 11.3 Å². The molecule has 1 unspecified atom stereocenters. The summed E-state index contributed by atoms with van der Waals surface area (Å²) in [5.74, 6) is -0.448. The molecule has 0 aliphatic carbocycles. The Morgan fingerprint density at radius 1 is 1.37 bits per heavy atom. The van der Waals surface area contributed by atoms with Crippen LogP contribution in [0.25, 0.3) is 0 Å². The molecule has 0 bridgehead atoms. The molecule has 1 amide bonds. The molecule has 3 heterocycles. The van der Waals surface area contributed by atoms with Gasteiger partial charge in [0.25, 0.3) is 0 Å². The molecule has 1 atom stereocenters. The molecule has 1 N–H and O–H groups in total. The van der Waals surface area contributed by atoms with Crippen molar-refractivity contribution in [3.8, 4) is 0 Å². The molecule has 27 heavy (non-hydrogen) atoms. The van der Waals surface area contributed by atoms with Crippen LogP contribution in [0, 0.1) is 11.2 Å². The Morgan fingerprint density at radius 2 is 2.15 bits per heavy atom. The lowest BCUT2D eigenvalue weighted by atomic mass is 9.87. The monoisotopic (exact) mass is 410 g/mol. The first-order chi connectivity index (χ1) is 12.5. The van der Waals surface area contributed by atoms with Crippen molar-refractivity contribution >= 4 is 40.5 Å². The Hall–Kier alpha value is -1.54. The van der Waals surface area contributed by atoms with Gasteiger partial charge < -0.3 is 5.32 Å². The van der Waals surface area contributed by atoms with E-state index in [4.69, 9.17) is 0 Å². The fraction of sp³-hybridized carbons (Fsp3) is 0.474. The van der Waals surface area contributed by atoms with Crippen LogP contribution in [0.15, 0.2) is 29.6 Å². The average Bonchev–Trinajstić information content (AvgIpc) is 3.34. The van der Waals surface area contributed by atoms with Gasteiger partial charge in [-0.15, -0.1) is 23.7 Å². The van der Waals surface area contributed by atoms with Crippen LogP contribution >= 0.6 is 23.7 Å². The smallest absolute Gasteiger partial charge is 0.230 e. The van der Waals surface area contributed by atoms with Gasteiger partial charge in [-0.1, -0.05) is 0 Å². The van der Waals surface area contributed by atoms with Gasteiger partial charge in [0, 0.05) is 31.9 Å². The van der Waals surface area contributed by atoms with Gasteiger partial charge in [0.1, 0.15) is 5.82 Å². The summed E-state index contributed by atoms with van der Waals surface area (Å²) in [7, 11) is 0. The van der Waals surface area contributed by atoms with Crippen molar-refractivity contribution in [1.82, 2.24) is 15.2 Å². The van der Waals surface area contributed by atoms with E-state index in [9.17, 15) is 9.18 Å². The predicted octanol–water partition coefficient (Wildman–Crippen LogP) is 3.57. The third kappa shape index (κ3) is 4.32. The van der Waals surface area contributed by atoms with Crippen molar-refractivity contribution in [3.05, 3.63) is 41.2 Å². The number of anilines is 2. The summed E-state index contributed by atoms with van der Waals surface area (Å²) in [4.78, 5) is 20.8. The lowest BCUT2D eigenvalue weighted by Crippen LogP contribution is -2.29. The Kier molecular flexibility index (Phi) is 6.15. The second-order valence-electron chi connectivity index (χ2n) is 7.34. The lowest BCUT2D eigenvalue weighted by molar-refractivity contribution is -0.115. The van der Waals surface area contributed by atoms with E-state index in [0.717, 1.165) is 38.4 Å². The molecule has 2 aliphatic rings. The second-order valence-corrected chi connectivity index (χ2v) is 8.18. The Bertz CT molecular complexity index is 791. The van der Waals surface area contributed by atoms with Gasteiger partial charge in [0.2, 0.25) is 5.91 Å². The molecule has 2 fully saturated rings. The van der Waals surface area contributed by atoms with E-state index in [-0.39, 0.29) is 24.1 Å². The zero-order valence-corrected chi connectivity index (χ0v) is 16.9. The molecule has 5 nitrogen and oxygen atoms in total. The quantitative estimate of drug-likeness (QED) is 0.837. The molecule has 1 aromatic heterocycles. The number of carbonyl (C=O) groups excluding carboxylic acids is 1. The number of halogens is 2. The van der Waals surface area contributed by atoms with Crippen molar-refractivity contribution in [2.75, 3.05) is 31.1 Å². The van der Waals surface area contributed by atoms with Crippen LogP contribution in [0.5, 0.6) is 0 Å². The highest BCUT2D eigenvalue weighted by Gasteiger charge is 2.40. The summed E-state index contributed by atoms with van der Waals surface area (Å²) in [6.45, 7) is 6.77. The maximum atomic E-state index is 13.2. The van der Waals surface area contributed by atoms with Gasteiger partial charge in [0.05, 0.1) is 11.4 Å². The number of likely N-dealkylation sites (tertiary alicyclic amines) is 1. The lowest BCUT2D eigenvalue weighted by Gasteiger charge is -2.22. The molecule has 1 aromatic carbocycles. The molecular weight excluding hydrogens is 387 g/mol. The summed E-state index contributed by atoms with van der Waals surface area (Å²) >= 11 is 1.45. The largest absolute Gasteiger partial charge is 0.316 e. The summed E-state index contributed by atoms with van der Waals surface area (Å²) < 4.78 is 13.2. The molecule has 0 saturated carbocycles. The molecule has 8 heteroatoms. The maximum absolute atomic E-state index is 13.2. The van der Waals surface area contributed by atoms with E-state index in [1.807, 2.05) is 5.38 Å². The molecule has 2 saturated heterocycles. The summed E-state index contributed by atoms with van der Waals surface area (Å²) in [6.07, 6.45) is 2.50. The van der Waals surface area contributed by atoms with Gasteiger partial charge in [0.15, 0.2) is 5.13 Å². The maximum Gasteiger partial charge on any atom is 0.230 e. The third-order valence-corrected chi connectivity index (χ3v) is 6.24. The van der Waals surface area contributed by atoms with E-state index in [0.29, 0.717) is 16.2 Å². The highest BCUT2D eigenvalue weighted by Crippen LogP contribution is 2.37. The van der Waals surface area contributed by atoms with Gasteiger partial charge in [-0.05, 0) is 55.6 Å². The Morgan fingerprint density at radius 3 is 2.81 bits per heavy atom. The molecule has 2 aromatic rings. The first-order valence-corrected chi connectivity index (χ1v) is 9.86. The van der Waals surface area contributed by atoms with Crippen molar-refractivity contribution < 1.29 is 9.18 Å². The highest BCUT2D eigenvalue weighted by atomic mass is 35.5. The van der Waals surface area contributed by atoms with Crippen LogP contribution in [0.2, 0.25) is 0 Å². The average molecular weight is 411 g/mol. The van der Waals surface area contributed by atoms with Crippen molar-refractivity contribution in [2.45, 2.75) is 26.3 Å². The highest BCUT2D eigenvalue weighted by molar-refractivity contribution is 7.14. The van der Waals surface area contributed by atoms with Crippen LogP contribution < -0.4 is 10.2 Å². The number of nitrogens with zero attached hydrogens (tertiary/aromatic N) is 3. The number of aromatic nitrogens is 1. The molecule has 4 rings (SSSR count). The van der Waals surface area contributed by atoms with E-state index in [1.165, 1.54) is 43.2 Å². The number of hydrogen-bond acceptors (Lipinski definition) is 5. The summed E-state index contributed by atoms with van der Waals surface area (Å²) in [5, 5.41) is 6.14. The normalized spacial score (nSPS) is 22.1. The van der Waals surface area contributed by atoms with Gasteiger partial charge in [-0.2, -0.15) is 0 Å². The number of hydrogen-bond donors (Lipinski definition) is 1. The topological polar surface area (TPSA) is 48.5 Å². The zero-order valence-electron chi connectivity index (χ0n) is 15.3. The molecule has 1 spiro atoms. The van der Waals surface area contributed by atoms with E-state index >= 15 is 0 Å². The van der Waals surface area contributed by atoms with Crippen LogP contribution in [0.3, 0.4) is 0 Å². The summed E-state index contributed by atoms with van der Waals surface area (Å²) in [6, 6.07) is 5.93. The number of carbonyl (C=O) groups is 1. The SMILES string of the molecule is CC(=O)N(c1ccc(F)cc1)c1nc(CN2CCC3(CCNC3)C2)cs1.Cl. The zero-order chi connectivity index (χ0) is 18.1. The number of thiazole rings is 1. The third-order valence-electron chi connectivity index (χ3n) is 5.37. The van der Waals surface area contributed by atoms with Crippen LogP contribution in [0.1, 0.15) is 25.5 Å². The van der Waals surface area contributed by atoms with Gasteiger partial charge >= 0.3 is 0 Å². The van der Waals surface area contributed by atoms with Crippen molar-refractivity contribution in [3.63, 3.8) is 0 Å². The van der Waals surface area contributed by atoms with E-state index < -0.39 is 0 Å². The van der Waals surface area contributed by atoms with Gasteiger partial charge in [-0.25, -0.2) is 9.37 Å². The molecule has 146 valence electrons. The first kappa shape index (κ1) is 20.2. The first-order valence-electron chi connectivity index (χ1n) is 8.98. The summed E-state index contributed by atoms with van der Waals surface area (Å²) in [5.41, 5.74) is 2.07. The predicted molar refractivity (Wildman–Crippen MR) is 108 cm³/mol. The standard InChI is InChI=1S/C19H23FN4OS.ClH/c1-14(25)24(17-4-2-15(20)3-5-17)18-22-16(11-26-18)10-23-9-7-19(13-23)6-8-21-12-19;/h2-5,11,21H,6-10,12-13H2,1H3;1H. The number of nitrogens with one attached hydrogen (secondary N) is 1. The van der Waals surface area contributed by atoms with Crippen LogP contribution in [-0.4, -0.2) is 42.0 Å². The second kappa shape index (κ2) is 8.22. The molecular formula is C19H24ClFN4OS. The fourth-order valence-electron chi connectivity index (χ4n) is 4.02. The van der Waals surface area contributed by atoms with E-state index in [1.54, 1.807) is 17.0 Å². The number of rotatable bonds is 4. The van der Waals surface area contributed by atoms with Crippen molar-refractivity contribution in [2.24, 2.45) is 5.41 Å². The number of benzene rings is 1.